The van der Waals surface area contributed by atoms with E-state index < -0.39 is 12.1 Å². The maximum Gasteiger partial charge on any atom is 0.393 e. The van der Waals surface area contributed by atoms with Crippen LogP contribution < -0.4 is 0 Å². The number of piperidine rings is 1. The van der Waals surface area contributed by atoms with Gasteiger partial charge >= 0.3 is 6.18 Å². The van der Waals surface area contributed by atoms with E-state index in [9.17, 15) is 18.0 Å². The summed E-state index contributed by atoms with van der Waals surface area (Å²) in [5, 5.41) is 0. The lowest BCUT2D eigenvalue weighted by Gasteiger charge is -2.34. The van der Waals surface area contributed by atoms with Crippen molar-refractivity contribution in [2.24, 2.45) is 5.92 Å². The molecule has 0 N–H and O–H groups in total. The van der Waals surface area contributed by atoms with Gasteiger partial charge < -0.3 is 4.90 Å². The van der Waals surface area contributed by atoms with Gasteiger partial charge in [0.1, 0.15) is 0 Å². The summed E-state index contributed by atoms with van der Waals surface area (Å²) in [6, 6.07) is 0. The zero-order valence-corrected chi connectivity index (χ0v) is 10.2. The van der Waals surface area contributed by atoms with Crippen LogP contribution in [0.5, 0.6) is 0 Å². The van der Waals surface area contributed by atoms with Gasteiger partial charge in [0.2, 0.25) is 5.91 Å². The number of halogens is 3. The Kier molecular flexibility index (Phi) is 4.60. The predicted molar refractivity (Wildman–Crippen MR) is 59.4 cm³/mol. The van der Waals surface area contributed by atoms with Crippen LogP contribution in [0.1, 0.15) is 33.1 Å². The highest BCUT2D eigenvalue weighted by Gasteiger charge is 2.42. The van der Waals surface area contributed by atoms with Crippen LogP contribution in [0.25, 0.3) is 0 Å². The lowest BCUT2D eigenvalue weighted by atomic mass is 9.97. The first-order valence-electron chi connectivity index (χ1n) is 5.89. The number of carbonyl (C=O) groups excluding carboxylic acids is 1. The van der Waals surface area contributed by atoms with E-state index in [1.807, 2.05) is 6.92 Å². The average molecular weight is 249 g/mol. The van der Waals surface area contributed by atoms with E-state index in [-0.39, 0.29) is 18.9 Å². The van der Waals surface area contributed by atoms with Crippen molar-refractivity contribution in [3.63, 3.8) is 0 Å². The van der Waals surface area contributed by atoms with Gasteiger partial charge in [-0.05, 0) is 26.2 Å². The minimum atomic E-state index is -4.19. The molecule has 98 valence electrons. The van der Waals surface area contributed by atoms with Crippen molar-refractivity contribution in [3.05, 3.63) is 11.6 Å². The number of alkyl halides is 3. The second-order valence-corrected chi connectivity index (χ2v) is 4.43. The molecule has 0 aromatic rings. The molecule has 1 aliphatic rings. The van der Waals surface area contributed by atoms with E-state index in [4.69, 9.17) is 0 Å². The summed E-state index contributed by atoms with van der Waals surface area (Å²) >= 11 is 0. The van der Waals surface area contributed by atoms with Gasteiger partial charge in [-0.2, -0.15) is 13.2 Å². The molecule has 0 bridgehead atoms. The predicted octanol–water partition coefficient (Wildman–Crippen LogP) is 3.14. The number of likely N-dealkylation sites (tertiary alicyclic amines) is 1. The molecule has 1 atom stereocenters. The first-order valence-corrected chi connectivity index (χ1v) is 5.89. The van der Waals surface area contributed by atoms with Crippen LogP contribution in [-0.2, 0) is 4.79 Å². The Balaban J connectivity index is 2.67. The maximum atomic E-state index is 12.6. The Morgan fingerprint density at radius 1 is 1.47 bits per heavy atom. The summed E-state index contributed by atoms with van der Waals surface area (Å²) < 4.78 is 37.7. The molecule has 0 aromatic carbocycles. The monoisotopic (exact) mass is 249 g/mol. The van der Waals surface area contributed by atoms with Gasteiger partial charge in [-0.1, -0.05) is 13.0 Å². The van der Waals surface area contributed by atoms with E-state index in [2.05, 4.69) is 0 Å². The molecular weight excluding hydrogens is 231 g/mol. The summed E-state index contributed by atoms with van der Waals surface area (Å²) in [4.78, 5) is 13.2. The molecule has 0 saturated carbocycles. The molecule has 0 aromatic heterocycles. The van der Waals surface area contributed by atoms with Crippen LogP contribution in [0.4, 0.5) is 13.2 Å². The summed E-state index contributed by atoms with van der Waals surface area (Å²) in [5.74, 6) is -1.63. The van der Waals surface area contributed by atoms with Crippen molar-refractivity contribution in [3.8, 4) is 0 Å². The van der Waals surface area contributed by atoms with Crippen LogP contribution in [0, 0.1) is 5.92 Å². The molecule has 1 fully saturated rings. The molecule has 1 aliphatic heterocycles. The first-order chi connectivity index (χ1) is 7.86. The summed E-state index contributed by atoms with van der Waals surface area (Å²) in [6.45, 7) is 3.78. The van der Waals surface area contributed by atoms with E-state index in [1.165, 1.54) is 4.90 Å². The van der Waals surface area contributed by atoms with Gasteiger partial charge in [0, 0.05) is 18.7 Å². The molecule has 1 unspecified atom stereocenters. The summed E-state index contributed by atoms with van der Waals surface area (Å²) in [7, 11) is 0. The second kappa shape index (κ2) is 5.56. The third kappa shape index (κ3) is 3.75. The number of hydrogen-bond acceptors (Lipinski definition) is 1. The molecule has 0 aliphatic carbocycles. The third-order valence-corrected chi connectivity index (χ3v) is 3.02. The topological polar surface area (TPSA) is 20.3 Å². The number of carbonyl (C=O) groups is 1. The van der Waals surface area contributed by atoms with E-state index in [0.717, 1.165) is 0 Å². The molecule has 1 saturated heterocycles. The fourth-order valence-corrected chi connectivity index (χ4v) is 2.07. The van der Waals surface area contributed by atoms with Gasteiger partial charge in [-0.25, -0.2) is 0 Å². The Hall–Kier alpha value is -1.00. The van der Waals surface area contributed by atoms with E-state index >= 15 is 0 Å². The molecular formula is C12H18F3NO. The average Bonchev–Trinajstić information content (AvgIpc) is 2.27. The normalized spacial score (nSPS) is 22.8. The number of rotatable bonds is 2. The van der Waals surface area contributed by atoms with Crippen molar-refractivity contribution in [2.75, 3.05) is 13.1 Å². The molecule has 17 heavy (non-hydrogen) atoms. The standard InChI is InChI=1S/C12H18F3NO/c1-3-5-9(2)11(17)16-7-4-6-10(8-16)12(13,14)15/h5,10H,3-4,6-8H2,1-2H3/b9-5+. The minimum absolute atomic E-state index is 0.129. The molecule has 1 rings (SSSR count). The quantitative estimate of drug-likeness (QED) is 0.688. The van der Waals surface area contributed by atoms with E-state index in [1.54, 1.807) is 13.0 Å². The number of amides is 1. The lowest BCUT2D eigenvalue weighted by Crippen LogP contribution is -2.44. The van der Waals surface area contributed by atoms with Crippen molar-refractivity contribution >= 4 is 5.91 Å². The fourth-order valence-electron chi connectivity index (χ4n) is 2.07. The van der Waals surface area contributed by atoms with Crippen LogP contribution in [0.2, 0.25) is 0 Å². The second-order valence-electron chi connectivity index (χ2n) is 4.43. The van der Waals surface area contributed by atoms with Crippen molar-refractivity contribution < 1.29 is 18.0 Å². The largest absolute Gasteiger partial charge is 0.393 e. The lowest BCUT2D eigenvalue weighted by molar-refractivity contribution is -0.187. The molecule has 1 heterocycles. The number of nitrogens with zero attached hydrogens (tertiary/aromatic N) is 1. The van der Waals surface area contributed by atoms with Crippen molar-refractivity contribution in [1.29, 1.82) is 0 Å². The first kappa shape index (κ1) is 14.1. The van der Waals surface area contributed by atoms with Crippen LogP contribution in [0.15, 0.2) is 11.6 Å². The minimum Gasteiger partial charge on any atom is -0.338 e. The van der Waals surface area contributed by atoms with Gasteiger partial charge in [-0.3, -0.25) is 4.79 Å². The SMILES string of the molecule is CC/C=C(\C)C(=O)N1CCCC(C(F)(F)F)C1. The van der Waals surface area contributed by atoms with Crippen LogP contribution >= 0.6 is 0 Å². The highest BCUT2D eigenvalue weighted by atomic mass is 19.4. The highest BCUT2D eigenvalue weighted by Crippen LogP contribution is 2.33. The van der Waals surface area contributed by atoms with Crippen LogP contribution in [0.3, 0.4) is 0 Å². The Morgan fingerprint density at radius 2 is 2.12 bits per heavy atom. The smallest absolute Gasteiger partial charge is 0.338 e. The van der Waals surface area contributed by atoms with Crippen LogP contribution in [-0.4, -0.2) is 30.1 Å². The molecule has 0 radical (unpaired) electrons. The molecule has 0 spiro atoms. The van der Waals surface area contributed by atoms with E-state index in [0.29, 0.717) is 25.0 Å². The summed E-state index contributed by atoms with van der Waals surface area (Å²) in [5.41, 5.74) is 0.537. The third-order valence-electron chi connectivity index (χ3n) is 3.02. The van der Waals surface area contributed by atoms with Crippen molar-refractivity contribution in [2.45, 2.75) is 39.3 Å². The zero-order valence-electron chi connectivity index (χ0n) is 10.2. The van der Waals surface area contributed by atoms with Crippen molar-refractivity contribution in [1.82, 2.24) is 4.90 Å². The fraction of sp³-hybridized carbons (Fsp3) is 0.750. The zero-order chi connectivity index (χ0) is 13.1. The Labute approximate surface area is 99.5 Å². The summed E-state index contributed by atoms with van der Waals surface area (Å²) in [6.07, 6.45) is -1.17. The molecule has 5 heteroatoms. The molecule has 1 amide bonds. The highest BCUT2D eigenvalue weighted by molar-refractivity contribution is 5.92. The Morgan fingerprint density at radius 3 is 2.65 bits per heavy atom. The molecule has 2 nitrogen and oxygen atoms in total. The van der Waals surface area contributed by atoms with Gasteiger partial charge in [0.25, 0.3) is 0 Å². The number of hydrogen-bond donors (Lipinski definition) is 0. The van der Waals surface area contributed by atoms with Gasteiger partial charge in [-0.15, -0.1) is 0 Å². The number of allylic oxidation sites excluding steroid dienone is 1. The van der Waals surface area contributed by atoms with Gasteiger partial charge in [0.15, 0.2) is 0 Å². The van der Waals surface area contributed by atoms with Gasteiger partial charge in [0.05, 0.1) is 5.92 Å². The maximum absolute atomic E-state index is 12.6. The Bertz CT molecular complexity index is 309.